The van der Waals surface area contributed by atoms with Crippen LogP contribution >= 0.6 is 0 Å². The molecule has 154 valence electrons. The Kier molecular flexibility index (Phi) is 7.28. The van der Waals surface area contributed by atoms with Gasteiger partial charge in [-0.2, -0.15) is 0 Å². The molecule has 3 rings (SSSR count). The van der Waals surface area contributed by atoms with Gasteiger partial charge in [0.25, 0.3) is 5.91 Å². The quantitative estimate of drug-likeness (QED) is 0.758. The first-order valence-electron chi connectivity index (χ1n) is 10.5. The number of carbonyl (C=O) groups is 2. The van der Waals surface area contributed by atoms with Gasteiger partial charge in [0.2, 0.25) is 5.91 Å². The lowest BCUT2D eigenvalue weighted by Gasteiger charge is -2.32. The van der Waals surface area contributed by atoms with E-state index in [4.69, 9.17) is 0 Å². The minimum Gasteiger partial charge on any atom is -0.375 e. The summed E-state index contributed by atoms with van der Waals surface area (Å²) in [5.41, 5.74) is 2.60. The first kappa shape index (κ1) is 20.9. The zero-order valence-electron chi connectivity index (χ0n) is 17.4. The predicted octanol–water partition coefficient (Wildman–Crippen LogP) is 4.41. The van der Waals surface area contributed by atoms with E-state index in [1.165, 1.54) is 0 Å². The maximum atomic E-state index is 13.0. The molecule has 1 N–H and O–H groups in total. The molecular formula is C24H31N3O2. The normalized spacial score (nSPS) is 16.3. The van der Waals surface area contributed by atoms with Crippen LogP contribution in [0.3, 0.4) is 0 Å². The maximum absolute atomic E-state index is 13.0. The van der Waals surface area contributed by atoms with Crippen molar-refractivity contribution in [3.05, 3.63) is 60.2 Å². The summed E-state index contributed by atoms with van der Waals surface area (Å²) in [6.45, 7) is 4.36. The van der Waals surface area contributed by atoms with Crippen LogP contribution in [0.5, 0.6) is 0 Å². The Morgan fingerprint density at radius 2 is 1.83 bits per heavy atom. The molecule has 0 bridgehead atoms. The third-order valence-corrected chi connectivity index (χ3v) is 5.52. The molecule has 2 aromatic rings. The van der Waals surface area contributed by atoms with Crippen LogP contribution in [0.1, 0.15) is 43.0 Å². The molecule has 5 heteroatoms. The summed E-state index contributed by atoms with van der Waals surface area (Å²) in [4.78, 5) is 29.6. The van der Waals surface area contributed by atoms with Gasteiger partial charge in [-0.05, 0) is 55.7 Å². The molecule has 1 heterocycles. The van der Waals surface area contributed by atoms with Gasteiger partial charge in [-0.1, -0.05) is 31.5 Å². The number of unbranched alkanes of at least 4 members (excludes halogenated alkanes) is 1. The van der Waals surface area contributed by atoms with E-state index in [2.05, 4.69) is 24.2 Å². The Morgan fingerprint density at radius 3 is 2.52 bits per heavy atom. The number of carbonyl (C=O) groups excluding carboxylic acids is 2. The molecule has 29 heavy (non-hydrogen) atoms. The summed E-state index contributed by atoms with van der Waals surface area (Å²) in [5.74, 6) is -0.182. The molecule has 0 aliphatic carbocycles. The highest BCUT2D eigenvalue weighted by Gasteiger charge is 2.29. The van der Waals surface area contributed by atoms with Crippen LogP contribution < -0.4 is 10.2 Å². The Hall–Kier alpha value is -2.82. The van der Waals surface area contributed by atoms with Gasteiger partial charge in [-0.25, -0.2) is 0 Å². The zero-order chi connectivity index (χ0) is 20.6. The Morgan fingerprint density at radius 1 is 1.10 bits per heavy atom. The summed E-state index contributed by atoms with van der Waals surface area (Å²) >= 11 is 0. The number of piperidine rings is 1. The maximum Gasteiger partial charge on any atom is 0.253 e. The number of likely N-dealkylation sites (tertiary alicyclic amines) is 1. The van der Waals surface area contributed by atoms with Crippen molar-refractivity contribution >= 4 is 23.2 Å². The van der Waals surface area contributed by atoms with Crippen molar-refractivity contribution in [3.63, 3.8) is 0 Å². The fourth-order valence-corrected chi connectivity index (χ4v) is 3.71. The van der Waals surface area contributed by atoms with Crippen molar-refractivity contribution < 1.29 is 9.59 Å². The van der Waals surface area contributed by atoms with E-state index in [0.717, 1.165) is 43.6 Å². The topological polar surface area (TPSA) is 52.7 Å². The van der Waals surface area contributed by atoms with Crippen LogP contribution in [0.4, 0.5) is 11.4 Å². The molecular weight excluding hydrogens is 362 g/mol. The third-order valence-electron chi connectivity index (χ3n) is 5.52. The van der Waals surface area contributed by atoms with Crippen LogP contribution in [0.15, 0.2) is 54.6 Å². The molecule has 1 aliphatic heterocycles. The van der Waals surface area contributed by atoms with Crippen molar-refractivity contribution in [1.82, 2.24) is 4.90 Å². The lowest BCUT2D eigenvalue weighted by atomic mass is 9.96. The zero-order valence-corrected chi connectivity index (χ0v) is 17.4. The van der Waals surface area contributed by atoms with E-state index in [1.807, 2.05) is 59.5 Å². The van der Waals surface area contributed by atoms with Crippen molar-refractivity contribution in [3.8, 4) is 0 Å². The van der Waals surface area contributed by atoms with Gasteiger partial charge in [0.15, 0.2) is 0 Å². The van der Waals surface area contributed by atoms with Crippen LogP contribution in [-0.2, 0) is 4.79 Å². The van der Waals surface area contributed by atoms with E-state index >= 15 is 0 Å². The standard InChI is InChI=1S/C24H31N3O2/c1-3-4-16-26(2)22-14-12-19(13-15-22)24(29)27-17-8-9-20(18-27)23(28)25-21-10-6-5-7-11-21/h5-7,10-15,20H,3-4,8-9,16-18H2,1-2H3,(H,25,28). The first-order chi connectivity index (χ1) is 14.1. The van der Waals surface area contributed by atoms with Gasteiger partial charge in [-0.3, -0.25) is 9.59 Å². The summed E-state index contributed by atoms with van der Waals surface area (Å²) in [6.07, 6.45) is 3.96. The van der Waals surface area contributed by atoms with Crippen LogP contribution in [0.2, 0.25) is 0 Å². The molecule has 2 amide bonds. The lowest BCUT2D eigenvalue weighted by Crippen LogP contribution is -2.43. The number of nitrogens with one attached hydrogen (secondary N) is 1. The average molecular weight is 394 g/mol. The molecule has 1 saturated heterocycles. The van der Waals surface area contributed by atoms with Crippen LogP contribution in [0.25, 0.3) is 0 Å². The fraction of sp³-hybridized carbons (Fsp3) is 0.417. The van der Waals surface area contributed by atoms with Gasteiger partial charge in [0, 0.05) is 43.6 Å². The number of amides is 2. The number of para-hydroxylation sites is 1. The first-order valence-corrected chi connectivity index (χ1v) is 10.5. The Bertz CT molecular complexity index is 805. The number of anilines is 2. The van der Waals surface area contributed by atoms with Gasteiger partial charge in [-0.15, -0.1) is 0 Å². The van der Waals surface area contributed by atoms with Gasteiger partial charge in [0.1, 0.15) is 0 Å². The van der Waals surface area contributed by atoms with E-state index in [1.54, 1.807) is 0 Å². The molecule has 1 fully saturated rings. The second-order valence-electron chi connectivity index (χ2n) is 7.77. The molecule has 0 spiro atoms. The molecule has 1 unspecified atom stereocenters. The SMILES string of the molecule is CCCCN(C)c1ccc(C(=O)N2CCCC(C(=O)Nc3ccccc3)C2)cc1. The number of benzene rings is 2. The monoisotopic (exact) mass is 393 g/mol. The van der Waals surface area contributed by atoms with Crippen LogP contribution in [-0.4, -0.2) is 43.4 Å². The molecule has 5 nitrogen and oxygen atoms in total. The number of hydrogen-bond acceptors (Lipinski definition) is 3. The highest BCUT2D eigenvalue weighted by atomic mass is 16.2. The third kappa shape index (κ3) is 5.59. The van der Waals surface area contributed by atoms with E-state index in [9.17, 15) is 9.59 Å². The summed E-state index contributed by atoms with van der Waals surface area (Å²) < 4.78 is 0. The number of nitrogens with zero attached hydrogens (tertiary/aromatic N) is 2. The van der Waals surface area contributed by atoms with Gasteiger partial charge >= 0.3 is 0 Å². The molecule has 2 aromatic carbocycles. The van der Waals surface area contributed by atoms with Gasteiger partial charge < -0.3 is 15.1 Å². The Balaban J connectivity index is 1.59. The predicted molar refractivity (Wildman–Crippen MR) is 118 cm³/mol. The molecule has 0 saturated carbocycles. The van der Waals surface area contributed by atoms with Crippen molar-refractivity contribution in [1.29, 1.82) is 0 Å². The van der Waals surface area contributed by atoms with Gasteiger partial charge in [0.05, 0.1) is 5.92 Å². The fourth-order valence-electron chi connectivity index (χ4n) is 3.71. The smallest absolute Gasteiger partial charge is 0.253 e. The Labute approximate surface area is 173 Å². The molecule has 1 atom stereocenters. The number of rotatable bonds is 7. The van der Waals surface area contributed by atoms with E-state index < -0.39 is 0 Å². The minimum atomic E-state index is -0.174. The van der Waals surface area contributed by atoms with E-state index in [0.29, 0.717) is 18.7 Å². The summed E-state index contributed by atoms with van der Waals surface area (Å²) in [6, 6.07) is 17.3. The highest BCUT2D eigenvalue weighted by molar-refractivity contribution is 5.96. The highest BCUT2D eigenvalue weighted by Crippen LogP contribution is 2.22. The summed E-state index contributed by atoms with van der Waals surface area (Å²) in [7, 11) is 2.08. The number of hydrogen-bond donors (Lipinski definition) is 1. The second kappa shape index (κ2) is 10.1. The molecule has 0 aromatic heterocycles. The lowest BCUT2D eigenvalue weighted by molar-refractivity contribution is -0.121. The van der Waals surface area contributed by atoms with Crippen molar-refractivity contribution in [2.24, 2.45) is 5.92 Å². The molecule has 1 aliphatic rings. The van der Waals surface area contributed by atoms with E-state index in [-0.39, 0.29) is 17.7 Å². The largest absolute Gasteiger partial charge is 0.375 e. The summed E-state index contributed by atoms with van der Waals surface area (Å²) in [5, 5.41) is 2.97. The van der Waals surface area contributed by atoms with Crippen molar-refractivity contribution in [2.75, 3.05) is 36.9 Å². The van der Waals surface area contributed by atoms with Crippen LogP contribution in [0, 0.1) is 5.92 Å². The second-order valence-corrected chi connectivity index (χ2v) is 7.77. The molecule has 0 radical (unpaired) electrons. The average Bonchev–Trinajstić information content (AvgIpc) is 2.78. The minimum absolute atomic E-state index is 0.00460. The van der Waals surface area contributed by atoms with Crippen molar-refractivity contribution in [2.45, 2.75) is 32.6 Å².